The summed E-state index contributed by atoms with van der Waals surface area (Å²) in [4.78, 5) is 43.4. The van der Waals surface area contributed by atoms with Gasteiger partial charge in [0, 0.05) is 24.8 Å². The number of thioether (sulfide) groups is 1. The smallest absolute Gasteiger partial charge is 0.295 e. The van der Waals surface area contributed by atoms with Crippen LogP contribution in [-0.2, 0) is 9.59 Å². The molecule has 0 N–H and O–H groups in total. The number of anilines is 2. The zero-order valence-corrected chi connectivity index (χ0v) is 16.7. The van der Waals surface area contributed by atoms with Gasteiger partial charge < -0.3 is 9.80 Å². The van der Waals surface area contributed by atoms with Crippen LogP contribution in [0.5, 0.6) is 0 Å². The van der Waals surface area contributed by atoms with Gasteiger partial charge in [-0.15, -0.1) is 6.58 Å². The molecule has 0 aliphatic carbocycles. The second-order valence-corrected chi connectivity index (χ2v) is 7.64. The van der Waals surface area contributed by atoms with E-state index in [9.17, 15) is 14.4 Å². The Morgan fingerprint density at radius 2 is 1.69 bits per heavy atom. The van der Waals surface area contributed by atoms with Crippen LogP contribution < -0.4 is 9.80 Å². The molecule has 2 aromatic carbocycles. The summed E-state index contributed by atoms with van der Waals surface area (Å²) in [6.07, 6.45) is 1.72. The largest absolute Gasteiger partial charge is 0.349 e. The lowest BCUT2D eigenvalue weighted by molar-refractivity contribution is -0.123. The number of fused-ring (bicyclic) bond motifs is 1. The lowest BCUT2D eigenvalue weighted by Crippen LogP contribution is -2.40. The first kappa shape index (κ1) is 19.0. The number of amides is 3. The fraction of sp³-hybridized carbons (Fsp3) is 0.136. The van der Waals surface area contributed by atoms with Crippen molar-refractivity contribution < 1.29 is 14.4 Å². The van der Waals surface area contributed by atoms with Crippen molar-refractivity contribution in [1.82, 2.24) is 4.90 Å². The molecule has 1 fully saturated rings. The third kappa shape index (κ3) is 3.23. The third-order valence-electron chi connectivity index (χ3n) is 4.91. The molecular formula is C22H19N3O3S. The first-order valence-corrected chi connectivity index (χ1v) is 9.91. The predicted molar refractivity (Wildman–Crippen MR) is 115 cm³/mol. The summed E-state index contributed by atoms with van der Waals surface area (Å²) in [6.45, 7) is 4.33. The van der Waals surface area contributed by atoms with Crippen LogP contribution >= 0.6 is 11.8 Å². The summed E-state index contributed by atoms with van der Waals surface area (Å²) in [7, 11) is 1.67. The second kappa shape index (κ2) is 7.60. The van der Waals surface area contributed by atoms with Gasteiger partial charge in [-0.2, -0.15) is 0 Å². The van der Waals surface area contributed by atoms with Crippen LogP contribution in [0.1, 0.15) is 5.56 Å². The number of benzene rings is 2. The molecule has 0 atom stereocenters. The standard InChI is InChI=1S/C22H19N3O3S/c1-3-13-24(15-9-5-4-6-10-15)14-25-21(27)19(29-22(25)28)18-16-11-7-8-12-17(16)23(2)20(18)26/h3-12H,1,13-14H2,2H3. The number of rotatable bonds is 5. The van der Waals surface area contributed by atoms with Crippen LogP contribution in [0.3, 0.4) is 0 Å². The molecule has 3 amide bonds. The van der Waals surface area contributed by atoms with E-state index in [2.05, 4.69) is 6.58 Å². The normalized spacial score (nSPS) is 18.4. The van der Waals surface area contributed by atoms with E-state index in [4.69, 9.17) is 0 Å². The van der Waals surface area contributed by atoms with E-state index in [1.165, 1.54) is 9.80 Å². The van der Waals surface area contributed by atoms with Crippen molar-refractivity contribution in [2.24, 2.45) is 0 Å². The number of carbonyl (C=O) groups is 3. The van der Waals surface area contributed by atoms with Crippen molar-refractivity contribution in [1.29, 1.82) is 0 Å². The van der Waals surface area contributed by atoms with Gasteiger partial charge in [-0.05, 0) is 30.0 Å². The van der Waals surface area contributed by atoms with E-state index in [0.717, 1.165) is 23.1 Å². The molecule has 0 aromatic heterocycles. The van der Waals surface area contributed by atoms with Gasteiger partial charge in [-0.1, -0.05) is 42.5 Å². The molecule has 0 saturated carbocycles. The average molecular weight is 405 g/mol. The summed E-state index contributed by atoms with van der Waals surface area (Å²) in [5.41, 5.74) is 2.58. The first-order chi connectivity index (χ1) is 14.0. The van der Waals surface area contributed by atoms with Crippen LogP contribution in [0.15, 0.2) is 72.2 Å². The lowest BCUT2D eigenvalue weighted by Gasteiger charge is -2.27. The van der Waals surface area contributed by atoms with Gasteiger partial charge >= 0.3 is 0 Å². The van der Waals surface area contributed by atoms with Crippen LogP contribution in [-0.4, -0.2) is 42.2 Å². The summed E-state index contributed by atoms with van der Waals surface area (Å²) in [5.74, 6) is -0.721. The van der Waals surface area contributed by atoms with E-state index in [0.29, 0.717) is 17.7 Å². The van der Waals surface area contributed by atoms with Crippen LogP contribution in [0.2, 0.25) is 0 Å². The average Bonchev–Trinajstić information content (AvgIpc) is 3.15. The molecule has 29 heavy (non-hydrogen) atoms. The first-order valence-electron chi connectivity index (χ1n) is 9.09. The maximum Gasteiger partial charge on any atom is 0.295 e. The number of para-hydroxylation sites is 2. The number of imide groups is 1. The van der Waals surface area contributed by atoms with Gasteiger partial charge in [0.25, 0.3) is 17.1 Å². The minimum atomic E-state index is -0.446. The lowest BCUT2D eigenvalue weighted by atomic mass is 10.1. The van der Waals surface area contributed by atoms with Crippen LogP contribution in [0.25, 0.3) is 5.57 Å². The molecule has 0 radical (unpaired) electrons. The van der Waals surface area contributed by atoms with Crippen LogP contribution in [0.4, 0.5) is 16.2 Å². The molecule has 0 spiro atoms. The van der Waals surface area contributed by atoms with E-state index < -0.39 is 5.91 Å². The zero-order chi connectivity index (χ0) is 20.5. The fourth-order valence-corrected chi connectivity index (χ4v) is 4.39. The zero-order valence-electron chi connectivity index (χ0n) is 15.9. The van der Waals surface area contributed by atoms with Gasteiger partial charge in [0.1, 0.15) is 6.67 Å². The number of likely N-dealkylation sites (N-methyl/N-ethyl adjacent to an activating group) is 1. The highest BCUT2D eigenvalue weighted by molar-refractivity contribution is 8.18. The van der Waals surface area contributed by atoms with E-state index in [-0.39, 0.29) is 22.7 Å². The molecule has 1 saturated heterocycles. The van der Waals surface area contributed by atoms with Crippen LogP contribution in [0, 0.1) is 0 Å². The van der Waals surface area contributed by atoms with Crippen molar-refractivity contribution in [3.63, 3.8) is 0 Å². The molecule has 2 heterocycles. The van der Waals surface area contributed by atoms with Crippen molar-refractivity contribution in [2.75, 3.05) is 30.1 Å². The Morgan fingerprint density at radius 3 is 2.41 bits per heavy atom. The Balaban J connectivity index is 1.69. The monoisotopic (exact) mass is 405 g/mol. The van der Waals surface area contributed by atoms with Crippen molar-refractivity contribution in [3.05, 3.63) is 77.7 Å². The van der Waals surface area contributed by atoms with Crippen molar-refractivity contribution in [3.8, 4) is 0 Å². The Labute approximate surface area is 173 Å². The molecule has 4 rings (SSSR count). The van der Waals surface area contributed by atoms with Gasteiger partial charge in [0.15, 0.2) is 0 Å². The SMILES string of the molecule is C=CCN(CN1C(=O)SC(=C2C(=O)N(C)c3ccccc32)C1=O)c1ccccc1. The minimum Gasteiger partial charge on any atom is -0.349 e. The highest BCUT2D eigenvalue weighted by atomic mass is 32.2. The van der Waals surface area contributed by atoms with Crippen molar-refractivity contribution in [2.45, 2.75) is 0 Å². The molecule has 6 nitrogen and oxygen atoms in total. The van der Waals surface area contributed by atoms with Gasteiger partial charge in [0.2, 0.25) is 0 Å². The molecular weight excluding hydrogens is 386 g/mol. The number of carbonyl (C=O) groups excluding carboxylic acids is 3. The maximum atomic E-state index is 13.1. The predicted octanol–water partition coefficient (Wildman–Crippen LogP) is 3.72. The number of nitrogens with zero attached hydrogens (tertiary/aromatic N) is 3. The Hall–Kier alpha value is -3.32. The molecule has 2 aliphatic rings. The molecule has 0 unspecified atom stereocenters. The van der Waals surface area contributed by atoms with Gasteiger partial charge in [0.05, 0.1) is 16.2 Å². The maximum absolute atomic E-state index is 13.1. The molecule has 2 aromatic rings. The van der Waals surface area contributed by atoms with E-state index in [1.54, 1.807) is 19.2 Å². The molecule has 0 bridgehead atoms. The van der Waals surface area contributed by atoms with E-state index in [1.807, 2.05) is 53.4 Å². The highest BCUT2D eigenvalue weighted by Crippen LogP contribution is 2.43. The second-order valence-electron chi connectivity index (χ2n) is 6.67. The summed E-state index contributed by atoms with van der Waals surface area (Å²) < 4.78 is 0. The molecule has 7 heteroatoms. The Bertz CT molecular complexity index is 1050. The van der Waals surface area contributed by atoms with Gasteiger partial charge in [-0.3, -0.25) is 14.4 Å². The van der Waals surface area contributed by atoms with Crippen molar-refractivity contribution >= 4 is 45.8 Å². The quantitative estimate of drug-likeness (QED) is 0.561. The number of hydrogen-bond donors (Lipinski definition) is 0. The Kier molecular flexibility index (Phi) is 4.98. The Morgan fingerprint density at radius 1 is 1.00 bits per heavy atom. The third-order valence-corrected chi connectivity index (χ3v) is 5.89. The fourth-order valence-electron chi connectivity index (χ4n) is 3.47. The van der Waals surface area contributed by atoms with Gasteiger partial charge in [-0.25, -0.2) is 4.90 Å². The molecule has 2 aliphatic heterocycles. The van der Waals surface area contributed by atoms with E-state index >= 15 is 0 Å². The summed E-state index contributed by atoms with van der Waals surface area (Å²) in [5, 5.41) is -0.387. The summed E-state index contributed by atoms with van der Waals surface area (Å²) in [6, 6.07) is 16.8. The number of hydrogen-bond acceptors (Lipinski definition) is 5. The topological polar surface area (TPSA) is 60.9 Å². The highest BCUT2D eigenvalue weighted by Gasteiger charge is 2.43. The minimum absolute atomic E-state index is 0.0865. The summed E-state index contributed by atoms with van der Waals surface area (Å²) >= 11 is 0.821. The molecule has 146 valence electrons.